The second-order valence-electron chi connectivity index (χ2n) is 16.5. The number of carbonyl (C=O) groups excluding carboxylic acids is 1. The number of ether oxygens (including phenoxy) is 4. The van der Waals surface area contributed by atoms with E-state index in [-0.39, 0.29) is 63.9 Å². The first kappa shape index (κ1) is 55.7. The third-order valence-corrected chi connectivity index (χ3v) is 11.0. The zero-order valence-corrected chi connectivity index (χ0v) is 36.7. The van der Waals surface area contributed by atoms with Crippen LogP contribution in [-0.4, -0.2) is 156 Å². The van der Waals surface area contributed by atoms with Crippen LogP contribution < -0.4 is 5.73 Å². The van der Waals surface area contributed by atoms with Gasteiger partial charge in [-0.1, -0.05) is 92.0 Å². The molecule has 2 rings (SSSR count). The van der Waals surface area contributed by atoms with E-state index in [9.17, 15) is 60.7 Å². The summed E-state index contributed by atoms with van der Waals surface area (Å²) >= 11 is 0. The molecule has 0 bridgehead atoms. The van der Waals surface area contributed by atoms with Crippen molar-refractivity contribution >= 4 is 11.9 Å². The lowest BCUT2D eigenvalue weighted by molar-refractivity contribution is -0.252. The van der Waals surface area contributed by atoms with Crippen molar-refractivity contribution in [2.45, 2.75) is 164 Å². The van der Waals surface area contributed by atoms with Crippen LogP contribution in [0.5, 0.6) is 0 Å². The lowest BCUT2D eigenvalue weighted by Crippen LogP contribution is -2.58. The number of hydrogen-bond acceptors (Lipinski definition) is 16. The molecule has 17 nitrogen and oxygen atoms in total. The average Bonchev–Trinajstić information content (AvgIpc) is 3.21. The molecule has 1 saturated heterocycles. The van der Waals surface area contributed by atoms with Crippen molar-refractivity contribution in [1.29, 1.82) is 0 Å². The molecule has 10 unspecified atom stereocenters. The Morgan fingerprint density at radius 1 is 0.698 bits per heavy atom. The molecule has 0 aromatic heterocycles. The minimum Gasteiger partial charge on any atom is -0.481 e. The molecule has 15 atom stereocenters. The number of rotatable bonds is 4. The van der Waals surface area contributed by atoms with Gasteiger partial charge < -0.3 is 75.7 Å². The summed E-state index contributed by atoms with van der Waals surface area (Å²) in [5.41, 5.74) is 5.92. The summed E-state index contributed by atoms with van der Waals surface area (Å²) < 4.78 is 22.1. The van der Waals surface area contributed by atoms with Crippen molar-refractivity contribution in [1.82, 2.24) is 0 Å². The first-order valence-corrected chi connectivity index (χ1v) is 21.7. The fourth-order valence-corrected chi connectivity index (χ4v) is 6.98. The van der Waals surface area contributed by atoms with Gasteiger partial charge in [-0.15, -0.1) is 0 Å². The maximum Gasteiger partial charge on any atom is 0.308 e. The molecule has 0 spiro atoms. The summed E-state index contributed by atoms with van der Waals surface area (Å²) in [6.45, 7) is 3.28. The highest BCUT2D eigenvalue weighted by atomic mass is 16.7. The first-order valence-electron chi connectivity index (χ1n) is 21.7. The van der Waals surface area contributed by atoms with Crippen molar-refractivity contribution in [3.63, 3.8) is 0 Å². The molecule has 0 radical (unpaired) electrons. The smallest absolute Gasteiger partial charge is 0.308 e. The minimum atomic E-state index is -2.00. The highest BCUT2D eigenvalue weighted by Gasteiger charge is 2.39. The summed E-state index contributed by atoms with van der Waals surface area (Å²) in [5, 5.41) is 105. The van der Waals surface area contributed by atoms with E-state index in [2.05, 4.69) is 0 Å². The Labute approximate surface area is 370 Å². The van der Waals surface area contributed by atoms with Crippen LogP contribution in [0.25, 0.3) is 0 Å². The van der Waals surface area contributed by atoms with Crippen molar-refractivity contribution in [3.8, 4) is 0 Å². The number of hydrogen-bond donors (Lipinski definition) is 11. The van der Waals surface area contributed by atoms with Crippen LogP contribution in [-0.2, 0) is 28.5 Å². The molecule has 0 amide bonds. The largest absolute Gasteiger partial charge is 0.481 e. The number of methoxy groups -OCH3 is 1. The zero-order chi connectivity index (χ0) is 47.0. The minimum absolute atomic E-state index is 0.0525. The highest BCUT2D eigenvalue weighted by Crippen LogP contribution is 2.29. The number of carboxylic acids is 1. The fraction of sp³-hybridized carbons (Fsp3) is 0.652. The Morgan fingerprint density at radius 3 is 1.87 bits per heavy atom. The molecular weight excluding hydrogens is 822 g/mol. The van der Waals surface area contributed by atoms with Crippen LogP contribution >= 0.6 is 0 Å². The van der Waals surface area contributed by atoms with Gasteiger partial charge in [0.2, 0.25) is 0 Å². The molecule has 0 aromatic carbocycles. The third-order valence-electron chi connectivity index (χ3n) is 11.0. The molecule has 1 fully saturated rings. The standard InChI is InChI=1S/C46H73NO16/c1-30-16-14-12-10-8-6-4-5-7-9-11-13-15-17-36(63-45-43(56)42(47)40(54)29-61-45)20-18-32(44(57)58)22-23-46(59,60-3)28-35(50)26-39(53)37(51)21-19-33(48)25-34(49)27-41(55)62-31(2)24-38(30)52/h4-17,30-40,42-43,45,48-54,56,59H,18-29,47H2,1-3H3,(H,57,58)/b5-4+,8-6+,9-7+,12-10+,13-11+,16-14+,17-15+/t30-,31-,32-,33?,34?,35?,36?,37?,38?,39?,40?,42-,43+,45?,46?/m0/s1. The number of aliphatic carboxylic acids is 1. The van der Waals surface area contributed by atoms with E-state index in [1.54, 1.807) is 55.5 Å². The number of aliphatic hydroxyl groups is 9. The lowest BCUT2D eigenvalue weighted by Gasteiger charge is -2.37. The van der Waals surface area contributed by atoms with Gasteiger partial charge in [0.1, 0.15) is 12.2 Å². The number of nitrogens with two attached hydrogens (primary N) is 1. The Balaban J connectivity index is 2.23. The van der Waals surface area contributed by atoms with Gasteiger partial charge in [-0.3, -0.25) is 9.59 Å². The predicted molar refractivity (Wildman–Crippen MR) is 233 cm³/mol. The van der Waals surface area contributed by atoms with Crippen molar-refractivity contribution in [3.05, 3.63) is 85.1 Å². The molecule has 0 saturated carbocycles. The van der Waals surface area contributed by atoms with Crippen LogP contribution in [0.2, 0.25) is 0 Å². The summed E-state index contributed by atoms with van der Waals surface area (Å²) in [5.74, 6) is -5.13. The van der Waals surface area contributed by atoms with Crippen LogP contribution in [0.15, 0.2) is 85.1 Å². The lowest BCUT2D eigenvalue weighted by atomic mass is 9.90. The van der Waals surface area contributed by atoms with Gasteiger partial charge in [0.05, 0.1) is 73.8 Å². The normalized spacial score (nSPS) is 41.3. The maximum absolute atomic E-state index is 12.4. The Kier molecular flexibility index (Phi) is 26.5. The molecule has 17 heteroatoms. The number of cyclic esters (lactones) is 1. The van der Waals surface area contributed by atoms with Gasteiger partial charge in [0.25, 0.3) is 0 Å². The second-order valence-corrected chi connectivity index (χ2v) is 16.5. The van der Waals surface area contributed by atoms with Crippen LogP contribution in [0.4, 0.5) is 0 Å². The SMILES string of the molecule is COC1(O)CC[C@@H](C(=O)O)CCC(OC2OCC(O)[C@H](N)[C@H]2O)/C=C/C=C/C=C/C=C/C=C/C=C/C=C/[C@H](C)C(O)C[C@H](C)OC(=O)CC(O)CC(O)CCC(O)C(O)CC(O)C1. The highest BCUT2D eigenvalue weighted by molar-refractivity contribution is 5.70. The van der Waals surface area contributed by atoms with Crippen LogP contribution in [0, 0.1) is 11.8 Å². The summed E-state index contributed by atoms with van der Waals surface area (Å²) in [6.07, 6.45) is 10.8. The summed E-state index contributed by atoms with van der Waals surface area (Å²) in [4.78, 5) is 24.8. The van der Waals surface area contributed by atoms with Crippen molar-refractivity contribution < 1.29 is 79.6 Å². The molecule has 12 N–H and O–H groups in total. The number of carbonyl (C=O) groups is 2. The number of allylic oxidation sites excluding steroid dienone is 12. The number of esters is 1. The van der Waals surface area contributed by atoms with E-state index in [0.29, 0.717) is 0 Å². The zero-order valence-electron chi connectivity index (χ0n) is 36.7. The van der Waals surface area contributed by atoms with E-state index in [1.807, 2.05) is 43.4 Å². The molecule has 358 valence electrons. The molecule has 2 heterocycles. The Hall–Kier alpha value is -3.40. The van der Waals surface area contributed by atoms with E-state index >= 15 is 0 Å². The van der Waals surface area contributed by atoms with Gasteiger partial charge in [0.15, 0.2) is 12.1 Å². The Bertz CT molecular complexity index is 1530. The third kappa shape index (κ3) is 22.9. The molecular formula is C46H73NO16. The monoisotopic (exact) mass is 895 g/mol. The first-order chi connectivity index (χ1) is 29.8. The van der Waals surface area contributed by atoms with Gasteiger partial charge >= 0.3 is 11.9 Å². The van der Waals surface area contributed by atoms with E-state index in [1.165, 1.54) is 7.11 Å². The molecule has 2 aliphatic heterocycles. The fourth-order valence-electron chi connectivity index (χ4n) is 6.98. The second kappa shape index (κ2) is 29.9. The van der Waals surface area contributed by atoms with Gasteiger partial charge in [-0.05, 0) is 45.4 Å². The predicted octanol–water partition coefficient (Wildman–Crippen LogP) is 1.74. The number of aliphatic hydroxyl groups excluding tert-OH is 8. The van der Waals surface area contributed by atoms with Gasteiger partial charge in [-0.25, -0.2) is 0 Å². The molecule has 2 aliphatic rings. The molecule has 0 aliphatic carbocycles. The van der Waals surface area contributed by atoms with E-state index < -0.39 is 116 Å². The van der Waals surface area contributed by atoms with Crippen LogP contribution in [0.1, 0.15) is 84.5 Å². The quantitative estimate of drug-likeness (QED) is 0.142. The summed E-state index contributed by atoms with van der Waals surface area (Å²) in [6, 6.07) is -1.03. The molecule has 0 aromatic rings. The van der Waals surface area contributed by atoms with Gasteiger partial charge in [-0.2, -0.15) is 0 Å². The van der Waals surface area contributed by atoms with E-state index in [4.69, 9.17) is 24.7 Å². The summed E-state index contributed by atoms with van der Waals surface area (Å²) in [7, 11) is 1.19. The van der Waals surface area contributed by atoms with Crippen molar-refractivity contribution in [2.75, 3.05) is 13.7 Å². The van der Waals surface area contributed by atoms with Crippen molar-refractivity contribution in [2.24, 2.45) is 17.6 Å². The molecule has 63 heavy (non-hydrogen) atoms. The number of carboxylic acid groups (broad SMARTS) is 1. The van der Waals surface area contributed by atoms with Crippen LogP contribution in [0.3, 0.4) is 0 Å². The van der Waals surface area contributed by atoms with E-state index in [0.717, 1.165) is 0 Å². The topological polar surface area (TPSA) is 299 Å². The Morgan fingerprint density at radius 2 is 1.29 bits per heavy atom. The maximum atomic E-state index is 12.4. The van der Waals surface area contributed by atoms with Gasteiger partial charge in [0, 0.05) is 38.7 Å². The average molecular weight is 896 g/mol.